The van der Waals surface area contributed by atoms with E-state index in [1.165, 1.54) is 19.3 Å². The van der Waals surface area contributed by atoms with E-state index >= 15 is 0 Å². The van der Waals surface area contributed by atoms with Gasteiger partial charge in [0.05, 0.1) is 0 Å². The SMILES string of the molecule is CCC1(CC)NC(=O)C(C2CCCCC2)NC1=O. The molecular formula is C14H24N2O2. The molecule has 1 saturated carbocycles. The van der Waals surface area contributed by atoms with E-state index in [4.69, 9.17) is 0 Å². The lowest BCUT2D eigenvalue weighted by Gasteiger charge is -2.42. The maximum atomic E-state index is 12.3. The van der Waals surface area contributed by atoms with E-state index in [1.807, 2.05) is 13.8 Å². The van der Waals surface area contributed by atoms with Crippen molar-refractivity contribution in [3.63, 3.8) is 0 Å². The third kappa shape index (κ3) is 2.25. The summed E-state index contributed by atoms with van der Waals surface area (Å²) in [6.45, 7) is 3.90. The zero-order valence-corrected chi connectivity index (χ0v) is 11.4. The number of hydrogen-bond acceptors (Lipinski definition) is 2. The Morgan fingerprint density at radius 2 is 1.72 bits per heavy atom. The van der Waals surface area contributed by atoms with E-state index in [0.29, 0.717) is 18.8 Å². The molecule has 2 N–H and O–H groups in total. The van der Waals surface area contributed by atoms with Crippen LogP contribution in [0.5, 0.6) is 0 Å². The van der Waals surface area contributed by atoms with Gasteiger partial charge in [-0.25, -0.2) is 0 Å². The van der Waals surface area contributed by atoms with Crippen molar-refractivity contribution in [1.82, 2.24) is 10.6 Å². The van der Waals surface area contributed by atoms with Crippen LogP contribution in [0.2, 0.25) is 0 Å². The monoisotopic (exact) mass is 252 g/mol. The summed E-state index contributed by atoms with van der Waals surface area (Å²) in [7, 11) is 0. The Kier molecular flexibility index (Phi) is 3.93. The van der Waals surface area contributed by atoms with Crippen molar-refractivity contribution in [2.45, 2.75) is 70.4 Å². The molecule has 102 valence electrons. The number of carbonyl (C=O) groups is 2. The van der Waals surface area contributed by atoms with Crippen molar-refractivity contribution in [3.05, 3.63) is 0 Å². The zero-order valence-electron chi connectivity index (χ0n) is 11.4. The van der Waals surface area contributed by atoms with E-state index in [9.17, 15) is 9.59 Å². The topological polar surface area (TPSA) is 58.2 Å². The Bertz CT molecular complexity index is 331. The molecule has 1 heterocycles. The zero-order chi connectivity index (χ0) is 13.2. The molecule has 18 heavy (non-hydrogen) atoms. The van der Waals surface area contributed by atoms with Gasteiger partial charge in [0.1, 0.15) is 11.6 Å². The predicted molar refractivity (Wildman–Crippen MR) is 70.0 cm³/mol. The molecule has 0 bridgehead atoms. The fraction of sp³-hybridized carbons (Fsp3) is 0.857. The van der Waals surface area contributed by atoms with Crippen LogP contribution < -0.4 is 10.6 Å². The minimum absolute atomic E-state index is 0.00248. The standard InChI is InChI=1S/C14H24N2O2/c1-3-14(4-2)13(18)15-11(12(17)16-14)10-8-6-5-7-9-10/h10-11H,3-9H2,1-2H3,(H,15,18)(H,16,17). The molecule has 2 amide bonds. The number of rotatable bonds is 3. The lowest BCUT2D eigenvalue weighted by Crippen LogP contribution is -2.70. The summed E-state index contributed by atoms with van der Waals surface area (Å²) < 4.78 is 0. The van der Waals surface area contributed by atoms with Crippen LogP contribution in [0.25, 0.3) is 0 Å². The Hall–Kier alpha value is -1.06. The molecule has 0 spiro atoms. The van der Waals surface area contributed by atoms with Gasteiger partial charge in [0, 0.05) is 0 Å². The van der Waals surface area contributed by atoms with Crippen LogP contribution in [0.4, 0.5) is 0 Å². The van der Waals surface area contributed by atoms with Crippen LogP contribution in [-0.2, 0) is 9.59 Å². The number of piperazine rings is 1. The maximum absolute atomic E-state index is 12.3. The van der Waals surface area contributed by atoms with Crippen LogP contribution >= 0.6 is 0 Å². The first kappa shape index (κ1) is 13.4. The Morgan fingerprint density at radius 3 is 2.28 bits per heavy atom. The molecule has 2 rings (SSSR count). The second-order valence-corrected chi connectivity index (χ2v) is 5.63. The lowest BCUT2D eigenvalue weighted by atomic mass is 9.80. The third-order valence-corrected chi connectivity index (χ3v) is 4.69. The minimum atomic E-state index is -0.678. The van der Waals surface area contributed by atoms with Crippen LogP contribution in [-0.4, -0.2) is 23.4 Å². The third-order valence-electron chi connectivity index (χ3n) is 4.69. The summed E-state index contributed by atoms with van der Waals surface area (Å²) in [6, 6.07) is -0.302. The normalized spacial score (nSPS) is 28.7. The van der Waals surface area contributed by atoms with E-state index in [0.717, 1.165) is 12.8 Å². The molecule has 1 saturated heterocycles. The molecule has 4 nitrogen and oxygen atoms in total. The second kappa shape index (κ2) is 5.29. The summed E-state index contributed by atoms with van der Waals surface area (Å²) >= 11 is 0. The van der Waals surface area contributed by atoms with E-state index in [-0.39, 0.29) is 17.9 Å². The van der Waals surface area contributed by atoms with Gasteiger partial charge in [-0.2, -0.15) is 0 Å². The van der Waals surface area contributed by atoms with Crippen molar-refractivity contribution < 1.29 is 9.59 Å². The fourth-order valence-corrected chi connectivity index (χ4v) is 3.26. The van der Waals surface area contributed by atoms with Crippen molar-refractivity contribution in [3.8, 4) is 0 Å². The van der Waals surface area contributed by atoms with Crippen molar-refractivity contribution in [2.75, 3.05) is 0 Å². The van der Waals surface area contributed by atoms with Gasteiger partial charge in [-0.1, -0.05) is 33.1 Å². The molecule has 1 atom stereocenters. The number of amides is 2. The predicted octanol–water partition coefficient (Wildman–Crippen LogP) is 1.74. The summed E-state index contributed by atoms with van der Waals surface area (Å²) in [6.07, 6.45) is 7.03. The summed E-state index contributed by atoms with van der Waals surface area (Å²) in [4.78, 5) is 24.5. The average Bonchev–Trinajstić information content (AvgIpc) is 2.42. The van der Waals surface area contributed by atoms with Gasteiger partial charge in [-0.15, -0.1) is 0 Å². The first-order chi connectivity index (χ1) is 8.63. The Labute approximate surface area is 109 Å². The van der Waals surface area contributed by atoms with E-state index < -0.39 is 5.54 Å². The van der Waals surface area contributed by atoms with E-state index in [2.05, 4.69) is 10.6 Å². The van der Waals surface area contributed by atoms with Crippen LogP contribution in [0.3, 0.4) is 0 Å². The fourth-order valence-electron chi connectivity index (χ4n) is 3.26. The molecule has 2 fully saturated rings. The molecule has 1 aliphatic heterocycles. The van der Waals surface area contributed by atoms with Crippen molar-refractivity contribution in [1.29, 1.82) is 0 Å². The van der Waals surface area contributed by atoms with Gasteiger partial charge in [-0.3, -0.25) is 9.59 Å². The highest BCUT2D eigenvalue weighted by molar-refractivity contribution is 5.99. The number of carbonyl (C=O) groups excluding carboxylic acids is 2. The number of hydrogen-bond donors (Lipinski definition) is 2. The van der Waals surface area contributed by atoms with Crippen LogP contribution in [0.1, 0.15) is 58.8 Å². The molecule has 0 aromatic rings. The van der Waals surface area contributed by atoms with Crippen LogP contribution in [0.15, 0.2) is 0 Å². The first-order valence-electron chi connectivity index (χ1n) is 7.26. The quantitative estimate of drug-likeness (QED) is 0.804. The molecule has 4 heteroatoms. The maximum Gasteiger partial charge on any atom is 0.246 e. The Balaban J connectivity index is 2.09. The van der Waals surface area contributed by atoms with Gasteiger partial charge in [0.25, 0.3) is 0 Å². The molecular weight excluding hydrogens is 228 g/mol. The van der Waals surface area contributed by atoms with Crippen LogP contribution in [0, 0.1) is 5.92 Å². The molecule has 2 aliphatic rings. The van der Waals surface area contributed by atoms with Gasteiger partial charge >= 0.3 is 0 Å². The van der Waals surface area contributed by atoms with E-state index in [1.54, 1.807) is 0 Å². The Morgan fingerprint density at radius 1 is 1.11 bits per heavy atom. The molecule has 0 aromatic carbocycles. The van der Waals surface area contributed by atoms with Gasteiger partial charge in [-0.05, 0) is 31.6 Å². The summed E-state index contributed by atoms with van der Waals surface area (Å²) in [5.74, 6) is 0.349. The highest BCUT2D eigenvalue weighted by atomic mass is 16.2. The molecule has 1 unspecified atom stereocenters. The van der Waals surface area contributed by atoms with Crippen molar-refractivity contribution >= 4 is 11.8 Å². The van der Waals surface area contributed by atoms with Gasteiger partial charge in [0.15, 0.2) is 0 Å². The number of nitrogens with one attached hydrogen (secondary N) is 2. The highest BCUT2D eigenvalue weighted by Crippen LogP contribution is 2.29. The highest BCUT2D eigenvalue weighted by Gasteiger charge is 2.46. The average molecular weight is 252 g/mol. The smallest absolute Gasteiger partial charge is 0.246 e. The van der Waals surface area contributed by atoms with Gasteiger partial charge in [0.2, 0.25) is 11.8 Å². The minimum Gasteiger partial charge on any atom is -0.342 e. The van der Waals surface area contributed by atoms with Crippen molar-refractivity contribution in [2.24, 2.45) is 5.92 Å². The largest absolute Gasteiger partial charge is 0.342 e. The molecule has 0 radical (unpaired) electrons. The molecule has 1 aliphatic carbocycles. The lowest BCUT2D eigenvalue weighted by molar-refractivity contribution is -0.143. The summed E-state index contributed by atoms with van der Waals surface area (Å²) in [5, 5.41) is 5.95. The second-order valence-electron chi connectivity index (χ2n) is 5.63. The summed E-state index contributed by atoms with van der Waals surface area (Å²) in [5.41, 5.74) is -0.678. The molecule has 0 aromatic heterocycles. The first-order valence-corrected chi connectivity index (χ1v) is 7.26. The van der Waals surface area contributed by atoms with Gasteiger partial charge < -0.3 is 10.6 Å².